The molecule has 1 aromatic rings. The summed E-state index contributed by atoms with van der Waals surface area (Å²) in [5.74, 6) is 0.677. The summed E-state index contributed by atoms with van der Waals surface area (Å²) >= 11 is 0. The number of methoxy groups -OCH3 is 1. The Bertz CT molecular complexity index is 428. The highest BCUT2D eigenvalue weighted by molar-refractivity contribution is 5.67. The van der Waals surface area contributed by atoms with E-state index >= 15 is 0 Å². The summed E-state index contributed by atoms with van der Waals surface area (Å²) < 4.78 is 23.0. The van der Waals surface area contributed by atoms with Crippen LogP contribution in [0.2, 0.25) is 0 Å². The van der Waals surface area contributed by atoms with E-state index in [-0.39, 0.29) is 6.61 Å². The molecule has 0 saturated carbocycles. The normalized spacial score (nSPS) is 12.4. The van der Waals surface area contributed by atoms with Crippen LogP contribution >= 0.6 is 0 Å². The van der Waals surface area contributed by atoms with Gasteiger partial charge in [0.1, 0.15) is 11.5 Å². The number of carbonyl (C=O) groups is 1. The molecule has 18 heavy (non-hydrogen) atoms. The van der Waals surface area contributed by atoms with Gasteiger partial charge in [-0.2, -0.15) is 0 Å². The van der Waals surface area contributed by atoms with Crippen molar-refractivity contribution in [3.8, 4) is 5.75 Å². The Hall–Kier alpha value is -1.81. The summed E-state index contributed by atoms with van der Waals surface area (Å²) in [4.78, 5) is 10.7. The number of rotatable bonds is 7. The first-order valence-electron chi connectivity index (χ1n) is 6.14. The van der Waals surface area contributed by atoms with E-state index in [1.165, 1.54) is 6.92 Å². The fourth-order valence-corrected chi connectivity index (χ4v) is 1.26. The second kappa shape index (κ2) is 7.50. The van der Waals surface area contributed by atoms with Crippen LogP contribution in [0, 0.1) is 0 Å². The minimum absolute atomic E-state index is 0.270. The smallest absolute Gasteiger partial charge is 0.307 e. The minimum atomic E-state index is -0.781. The maximum absolute atomic E-state index is 10.7. The van der Waals surface area contributed by atoms with Crippen molar-refractivity contribution in [2.75, 3.05) is 13.7 Å². The van der Waals surface area contributed by atoms with Gasteiger partial charge in [-0.1, -0.05) is 18.7 Å². The molecule has 0 amide bonds. The van der Waals surface area contributed by atoms with E-state index in [1.54, 1.807) is 31.4 Å². The van der Waals surface area contributed by atoms with E-state index in [0.717, 1.165) is 11.3 Å². The first-order valence-corrected chi connectivity index (χ1v) is 5.57. The van der Waals surface area contributed by atoms with E-state index in [2.05, 4.69) is 6.58 Å². The zero-order chi connectivity index (χ0) is 14.3. The molecular weight excluding hydrogens is 232 g/mol. The van der Waals surface area contributed by atoms with E-state index in [1.807, 2.05) is 0 Å². The van der Waals surface area contributed by atoms with E-state index in [4.69, 9.17) is 15.6 Å². The van der Waals surface area contributed by atoms with Crippen molar-refractivity contribution < 1.29 is 20.4 Å². The van der Waals surface area contributed by atoms with Crippen LogP contribution < -0.4 is 4.74 Å². The van der Waals surface area contributed by atoms with E-state index < -0.39 is 12.6 Å². The summed E-state index contributed by atoms with van der Waals surface area (Å²) in [5.41, 5.74) is 0.735. The number of ether oxygens (including phenoxy) is 3. The predicted molar refractivity (Wildman–Crippen MR) is 68.2 cm³/mol. The average molecular weight is 251 g/mol. The monoisotopic (exact) mass is 251 g/mol. The summed E-state index contributed by atoms with van der Waals surface area (Å²) in [7, 11) is 1.59. The molecule has 1 aromatic carbocycles. The van der Waals surface area contributed by atoms with Gasteiger partial charge in [0.2, 0.25) is 0 Å². The Kier molecular flexibility index (Phi) is 5.27. The van der Waals surface area contributed by atoms with Gasteiger partial charge in [0.15, 0.2) is 0 Å². The van der Waals surface area contributed by atoms with Crippen molar-refractivity contribution in [1.82, 2.24) is 0 Å². The Balaban J connectivity index is 2.36. The molecule has 1 unspecified atom stereocenters. The summed E-state index contributed by atoms with van der Waals surface area (Å²) in [5, 5.41) is 0. The van der Waals surface area contributed by atoms with Crippen LogP contribution in [0.1, 0.15) is 20.3 Å². The van der Waals surface area contributed by atoms with Crippen molar-refractivity contribution in [3.63, 3.8) is 0 Å². The highest BCUT2D eigenvalue weighted by Crippen LogP contribution is 2.12. The third kappa shape index (κ3) is 5.50. The largest absolute Gasteiger partial charge is 0.497 e. The molecule has 1 atom stereocenters. The van der Waals surface area contributed by atoms with Crippen molar-refractivity contribution in [3.05, 3.63) is 42.2 Å². The number of carbonyl (C=O) groups excluding carboxylic acids is 1. The fourth-order valence-electron chi connectivity index (χ4n) is 1.26. The third-order valence-corrected chi connectivity index (χ3v) is 2.12. The first kappa shape index (κ1) is 12.6. The summed E-state index contributed by atoms with van der Waals surface area (Å²) in [6.07, 6.45) is 0.380. The van der Waals surface area contributed by atoms with Crippen molar-refractivity contribution in [2.45, 2.75) is 19.9 Å². The van der Waals surface area contributed by atoms with Gasteiger partial charge in [0, 0.05) is 13.3 Å². The lowest BCUT2D eigenvalue weighted by atomic mass is 10.2. The van der Waals surface area contributed by atoms with Crippen LogP contribution in [0.15, 0.2) is 36.6 Å². The number of hydrogen-bond donors (Lipinski definition) is 0. The molecule has 98 valence electrons. The van der Waals surface area contributed by atoms with E-state index in [0.29, 0.717) is 12.2 Å². The molecule has 0 aliphatic carbocycles. The van der Waals surface area contributed by atoms with Gasteiger partial charge in [-0.15, -0.1) is 0 Å². The molecule has 4 heteroatoms. The quantitative estimate of drug-likeness (QED) is 0.552. The Labute approximate surface area is 109 Å². The van der Waals surface area contributed by atoms with Crippen LogP contribution in [0.5, 0.6) is 5.75 Å². The molecule has 0 fully saturated rings. The average Bonchev–Trinajstić information content (AvgIpc) is 2.37. The van der Waals surface area contributed by atoms with Gasteiger partial charge in [-0.3, -0.25) is 4.79 Å². The highest BCUT2D eigenvalue weighted by Gasteiger charge is 2.00. The zero-order valence-corrected chi connectivity index (χ0v) is 10.6. The van der Waals surface area contributed by atoms with Crippen LogP contribution in [0.4, 0.5) is 0 Å². The molecule has 0 aliphatic heterocycles. The SMILES string of the molecule is [2H]C(OCCC(=C)OC(C)=O)c1ccc(OC)cc1. The number of hydrogen-bond acceptors (Lipinski definition) is 4. The molecule has 0 heterocycles. The standard InChI is InChI=1S/C14H18O4/c1-11(18-12(2)15)8-9-17-10-13-4-6-14(16-3)7-5-13/h4-7H,1,8-10H2,2-3H3/i10D. The van der Waals surface area contributed by atoms with Crippen LogP contribution in [-0.2, 0) is 20.9 Å². The van der Waals surface area contributed by atoms with Crippen LogP contribution in [-0.4, -0.2) is 19.7 Å². The lowest BCUT2D eigenvalue weighted by Crippen LogP contribution is -2.02. The van der Waals surface area contributed by atoms with Gasteiger partial charge in [-0.05, 0) is 17.7 Å². The molecule has 4 nitrogen and oxygen atoms in total. The topological polar surface area (TPSA) is 44.8 Å². The van der Waals surface area contributed by atoms with Gasteiger partial charge in [0.25, 0.3) is 0 Å². The lowest BCUT2D eigenvalue weighted by molar-refractivity contribution is -0.137. The van der Waals surface area contributed by atoms with E-state index in [9.17, 15) is 4.79 Å². The number of benzene rings is 1. The fraction of sp³-hybridized carbons (Fsp3) is 0.357. The predicted octanol–water partition coefficient (Wildman–Crippen LogP) is 2.68. The Morgan fingerprint density at radius 2 is 2.06 bits per heavy atom. The molecule has 0 bridgehead atoms. The van der Waals surface area contributed by atoms with Crippen molar-refractivity contribution >= 4 is 5.97 Å². The van der Waals surface area contributed by atoms with Crippen molar-refractivity contribution in [1.29, 1.82) is 0 Å². The third-order valence-electron chi connectivity index (χ3n) is 2.12. The molecule has 1 rings (SSSR count). The van der Waals surface area contributed by atoms with Gasteiger partial charge in [0.05, 0.1) is 21.7 Å². The molecule has 0 saturated heterocycles. The maximum atomic E-state index is 10.7. The molecule has 0 aromatic heterocycles. The van der Waals surface area contributed by atoms with Crippen LogP contribution in [0.3, 0.4) is 0 Å². The zero-order valence-electron chi connectivity index (χ0n) is 11.6. The molecule has 0 aliphatic rings. The van der Waals surface area contributed by atoms with Gasteiger partial charge in [-0.25, -0.2) is 0 Å². The molecule has 0 radical (unpaired) electrons. The lowest BCUT2D eigenvalue weighted by Gasteiger charge is -2.07. The molecular formula is C14H18O4. The Morgan fingerprint density at radius 1 is 1.39 bits per heavy atom. The summed E-state index contributed by atoms with van der Waals surface area (Å²) in [6.45, 7) is 4.39. The minimum Gasteiger partial charge on any atom is -0.497 e. The number of esters is 1. The summed E-state index contributed by atoms with van der Waals surface area (Å²) in [6, 6.07) is 7.10. The van der Waals surface area contributed by atoms with Gasteiger partial charge < -0.3 is 14.2 Å². The van der Waals surface area contributed by atoms with Crippen molar-refractivity contribution in [2.24, 2.45) is 0 Å². The van der Waals surface area contributed by atoms with Crippen LogP contribution in [0.25, 0.3) is 0 Å². The second-order valence-electron chi connectivity index (χ2n) is 3.64. The molecule has 0 N–H and O–H groups in total. The maximum Gasteiger partial charge on any atom is 0.307 e. The first-order chi connectivity index (χ1) is 9.02. The second-order valence-corrected chi connectivity index (χ2v) is 3.64. The van der Waals surface area contributed by atoms with Gasteiger partial charge >= 0.3 is 5.97 Å². The molecule has 0 spiro atoms. The highest BCUT2D eigenvalue weighted by atomic mass is 16.5. The Morgan fingerprint density at radius 3 is 2.61 bits per heavy atom.